The van der Waals surface area contributed by atoms with Gasteiger partial charge in [0, 0.05) is 6.54 Å². The molecule has 0 spiro atoms. The van der Waals surface area contributed by atoms with Crippen molar-refractivity contribution in [3.8, 4) is 0 Å². The number of carboxylic acid groups (broad SMARTS) is 2. The minimum atomic E-state index is -1.59. The van der Waals surface area contributed by atoms with Gasteiger partial charge in [0.25, 0.3) is 0 Å². The van der Waals surface area contributed by atoms with Crippen molar-refractivity contribution in [1.29, 1.82) is 0 Å². The van der Waals surface area contributed by atoms with Gasteiger partial charge in [-0.25, -0.2) is 4.79 Å². The first-order valence-corrected chi connectivity index (χ1v) is 9.61. The summed E-state index contributed by atoms with van der Waals surface area (Å²) in [4.78, 5) is 62.5. The molecule has 5 atom stereocenters. The number of carbonyl (C=O) groups excluding carboxylic acids is 3. The Morgan fingerprint density at radius 1 is 0.938 bits per heavy atom. The molecular weight excluding hydrogens is 430 g/mol. The van der Waals surface area contributed by atoms with Crippen molar-refractivity contribution >= 4 is 35.6 Å². The molecule has 12 N–H and O–H groups in total. The number of aliphatic carboxylic acids is 2. The van der Waals surface area contributed by atoms with Crippen LogP contribution in [-0.2, 0) is 24.0 Å². The van der Waals surface area contributed by atoms with Crippen LogP contribution < -0.4 is 33.2 Å². The Morgan fingerprint density at radius 3 is 2.00 bits per heavy atom. The molecule has 3 amide bonds. The summed E-state index contributed by atoms with van der Waals surface area (Å²) in [7, 11) is 0. The highest BCUT2D eigenvalue weighted by Crippen LogP contribution is 2.02. The highest BCUT2D eigenvalue weighted by atomic mass is 16.4. The second-order valence-corrected chi connectivity index (χ2v) is 7.01. The number of nitrogens with one attached hydrogen (secondary N) is 3. The normalized spacial score (nSPS) is 15.2. The van der Waals surface area contributed by atoms with E-state index in [2.05, 4.69) is 20.9 Å². The molecule has 0 aliphatic carbocycles. The molecule has 0 rings (SSSR count). The lowest BCUT2D eigenvalue weighted by molar-refractivity contribution is -0.145. The van der Waals surface area contributed by atoms with Crippen molar-refractivity contribution in [2.45, 2.75) is 63.4 Å². The topological polar surface area (TPSA) is 273 Å². The van der Waals surface area contributed by atoms with Crippen LogP contribution >= 0.6 is 0 Å². The van der Waals surface area contributed by atoms with Crippen LogP contribution in [0, 0.1) is 0 Å². The summed E-state index contributed by atoms with van der Waals surface area (Å²) >= 11 is 0. The van der Waals surface area contributed by atoms with E-state index >= 15 is 0 Å². The van der Waals surface area contributed by atoms with Gasteiger partial charge in [0.15, 0.2) is 12.0 Å². The van der Waals surface area contributed by atoms with Crippen LogP contribution in [0.4, 0.5) is 0 Å². The lowest BCUT2D eigenvalue weighted by Gasteiger charge is -2.24. The van der Waals surface area contributed by atoms with Gasteiger partial charge in [-0.1, -0.05) is 0 Å². The van der Waals surface area contributed by atoms with Crippen LogP contribution in [0.2, 0.25) is 0 Å². The molecule has 0 heterocycles. The average molecular weight is 461 g/mol. The molecule has 0 aromatic heterocycles. The second kappa shape index (κ2) is 13.8. The summed E-state index contributed by atoms with van der Waals surface area (Å²) in [6.07, 6.45) is -1.79. The van der Waals surface area contributed by atoms with Gasteiger partial charge in [0.2, 0.25) is 17.7 Å². The fraction of sp³-hybridized carbons (Fsp3) is 0.647. The number of amides is 3. The summed E-state index contributed by atoms with van der Waals surface area (Å²) in [6.45, 7) is 2.57. The highest BCUT2D eigenvalue weighted by molar-refractivity contribution is 5.94. The number of hydrogen-bond donors (Lipinski definition) is 9. The van der Waals surface area contributed by atoms with Crippen molar-refractivity contribution < 1.29 is 39.3 Å². The standard InChI is InChI=1S/C17H31N7O8/c1-7(13(28)24-12(8(2)25)16(31)32)22-15(30)10(4-3-5-21-17(19)20)23-14(29)9(18)6-11(26)27/h7-10,12,25H,3-6,18H2,1-2H3,(H,22,30)(H,23,29)(H,24,28)(H,26,27)(H,31,32)(H4,19,20,21). The van der Waals surface area contributed by atoms with E-state index in [0.717, 1.165) is 0 Å². The van der Waals surface area contributed by atoms with E-state index in [1.165, 1.54) is 13.8 Å². The monoisotopic (exact) mass is 461 g/mol. The Labute approximate surface area is 183 Å². The van der Waals surface area contributed by atoms with E-state index in [9.17, 15) is 29.1 Å². The maximum absolute atomic E-state index is 12.6. The van der Waals surface area contributed by atoms with Crippen LogP contribution in [0.3, 0.4) is 0 Å². The smallest absolute Gasteiger partial charge is 0.328 e. The van der Waals surface area contributed by atoms with Crippen LogP contribution in [-0.4, -0.2) is 87.8 Å². The van der Waals surface area contributed by atoms with Crippen molar-refractivity contribution in [3.63, 3.8) is 0 Å². The number of nitrogens with zero attached hydrogens (tertiary/aromatic N) is 1. The molecular formula is C17H31N7O8. The predicted molar refractivity (Wildman–Crippen MR) is 111 cm³/mol. The lowest BCUT2D eigenvalue weighted by Crippen LogP contribution is -2.57. The fourth-order valence-electron chi connectivity index (χ4n) is 2.38. The molecule has 5 unspecified atom stereocenters. The number of hydrogen-bond acceptors (Lipinski definition) is 8. The van der Waals surface area contributed by atoms with Gasteiger partial charge in [-0.05, 0) is 26.7 Å². The van der Waals surface area contributed by atoms with Gasteiger partial charge in [0.05, 0.1) is 18.6 Å². The number of nitrogens with two attached hydrogens (primary N) is 3. The second-order valence-electron chi connectivity index (χ2n) is 7.01. The Balaban J connectivity index is 5.20. The lowest BCUT2D eigenvalue weighted by atomic mass is 10.1. The van der Waals surface area contributed by atoms with Crippen LogP contribution in [0.15, 0.2) is 4.99 Å². The van der Waals surface area contributed by atoms with E-state index in [4.69, 9.17) is 27.4 Å². The van der Waals surface area contributed by atoms with Crippen molar-refractivity contribution in [3.05, 3.63) is 0 Å². The Hall–Kier alpha value is -3.46. The minimum absolute atomic E-state index is 0.0217. The molecule has 0 aliphatic heterocycles. The molecule has 0 aromatic rings. The molecule has 32 heavy (non-hydrogen) atoms. The number of carbonyl (C=O) groups is 5. The minimum Gasteiger partial charge on any atom is -0.481 e. The van der Waals surface area contributed by atoms with Crippen molar-refractivity contribution in [1.82, 2.24) is 16.0 Å². The first kappa shape index (κ1) is 28.5. The zero-order valence-electron chi connectivity index (χ0n) is 17.8. The molecule has 0 aromatic carbocycles. The Bertz CT molecular complexity index is 724. The quantitative estimate of drug-likeness (QED) is 0.0679. The van der Waals surface area contributed by atoms with Crippen molar-refractivity contribution in [2.75, 3.05) is 6.54 Å². The molecule has 0 radical (unpaired) electrons. The van der Waals surface area contributed by atoms with Gasteiger partial charge in [-0.2, -0.15) is 0 Å². The first-order valence-electron chi connectivity index (χ1n) is 9.61. The van der Waals surface area contributed by atoms with Gasteiger partial charge >= 0.3 is 11.9 Å². The van der Waals surface area contributed by atoms with Gasteiger partial charge in [-0.3, -0.25) is 24.2 Å². The van der Waals surface area contributed by atoms with E-state index in [0.29, 0.717) is 0 Å². The molecule has 0 aliphatic rings. The molecule has 0 saturated heterocycles. The molecule has 182 valence electrons. The number of rotatable bonds is 14. The van der Waals surface area contributed by atoms with E-state index in [-0.39, 0.29) is 25.3 Å². The number of aliphatic hydroxyl groups excluding tert-OH is 1. The summed E-state index contributed by atoms with van der Waals surface area (Å²) < 4.78 is 0. The van der Waals surface area contributed by atoms with Crippen molar-refractivity contribution in [2.24, 2.45) is 22.2 Å². The summed E-state index contributed by atoms with van der Waals surface area (Å²) in [6, 6.07) is -5.44. The number of carboxylic acids is 2. The summed E-state index contributed by atoms with van der Waals surface area (Å²) in [5, 5.41) is 33.9. The number of aliphatic imine (C=N–C) groups is 1. The average Bonchev–Trinajstić information content (AvgIpc) is 2.66. The SMILES string of the molecule is CC(NC(=O)C(CCCN=C(N)N)NC(=O)C(N)CC(=O)O)C(=O)NC(C(=O)O)C(C)O. The van der Waals surface area contributed by atoms with E-state index in [1.54, 1.807) is 0 Å². The molecule has 15 nitrogen and oxygen atoms in total. The fourth-order valence-corrected chi connectivity index (χ4v) is 2.38. The third kappa shape index (κ3) is 11.1. The van der Waals surface area contributed by atoms with Crippen LogP contribution in [0.25, 0.3) is 0 Å². The zero-order valence-corrected chi connectivity index (χ0v) is 17.8. The number of aliphatic hydroxyl groups is 1. The van der Waals surface area contributed by atoms with Crippen LogP contribution in [0.1, 0.15) is 33.1 Å². The first-order chi connectivity index (χ1) is 14.8. The van der Waals surface area contributed by atoms with Crippen LogP contribution in [0.5, 0.6) is 0 Å². The third-order valence-corrected chi connectivity index (χ3v) is 4.11. The summed E-state index contributed by atoms with van der Waals surface area (Å²) in [5.74, 6) is -5.54. The molecule has 0 fully saturated rings. The van der Waals surface area contributed by atoms with E-state index in [1.807, 2.05) is 0 Å². The Morgan fingerprint density at radius 2 is 1.53 bits per heavy atom. The molecule has 0 saturated carbocycles. The molecule has 0 bridgehead atoms. The van der Waals surface area contributed by atoms with E-state index < -0.39 is 66.4 Å². The predicted octanol–water partition coefficient (Wildman–Crippen LogP) is -4.22. The third-order valence-electron chi connectivity index (χ3n) is 4.11. The van der Waals surface area contributed by atoms with Gasteiger partial charge in [0.1, 0.15) is 12.1 Å². The van der Waals surface area contributed by atoms with Gasteiger partial charge in [-0.15, -0.1) is 0 Å². The van der Waals surface area contributed by atoms with Gasteiger partial charge < -0.3 is 48.5 Å². The highest BCUT2D eigenvalue weighted by Gasteiger charge is 2.30. The summed E-state index contributed by atoms with van der Waals surface area (Å²) in [5.41, 5.74) is 15.9. The zero-order chi connectivity index (χ0) is 25.0. The maximum atomic E-state index is 12.6. The largest absolute Gasteiger partial charge is 0.481 e. The Kier molecular flexibility index (Phi) is 12.3. The molecule has 15 heteroatoms. The maximum Gasteiger partial charge on any atom is 0.328 e. The number of guanidine groups is 1.